The van der Waals surface area contributed by atoms with Gasteiger partial charge < -0.3 is 15.5 Å². The van der Waals surface area contributed by atoms with Crippen LogP contribution in [0.15, 0.2) is 23.1 Å². The summed E-state index contributed by atoms with van der Waals surface area (Å²) in [6, 6.07) is 5.29. The molecule has 0 aromatic heterocycles. The highest BCUT2D eigenvalue weighted by atomic mass is 35.5. The highest BCUT2D eigenvalue weighted by molar-refractivity contribution is 8.01. The molecule has 2 heterocycles. The summed E-state index contributed by atoms with van der Waals surface area (Å²) in [6.45, 7) is 1.93. The molecule has 1 fully saturated rings. The first-order chi connectivity index (χ1) is 12.0. The molecule has 0 saturated carbocycles. The van der Waals surface area contributed by atoms with Crippen LogP contribution in [0.5, 0.6) is 0 Å². The van der Waals surface area contributed by atoms with Crippen LogP contribution in [-0.4, -0.2) is 47.5 Å². The number of likely N-dealkylation sites (tertiary alicyclic amines) is 1. The van der Waals surface area contributed by atoms with Gasteiger partial charge in [-0.15, -0.1) is 11.8 Å². The Balaban J connectivity index is 1.45. The van der Waals surface area contributed by atoms with Gasteiger partial charge in [0.25, 0.3) is 0 Å². The van der Waals surface area contributed by atoms with Gasteiger partial charge in [-0.2, -0.15) is 0 Å². The molecule has 0 spiro atoms. The van der Waals surface area contributed by atoms with Crippen LogP contribution >= 0.6 is 23.4 Å². The van der Waals surface area contributed by atoms with Crippen LogP contribution in [0.25, 0.3) is 0 Å². The summed E-state index contributed by atoms with van der Waals surface area (Å²) in [5.74, 6) is -0.351. The first kappa shape index (κ1) is 18.1. The first-order valence-electron chi connectivity index (χ1n) is 8.34. The van der Waals surface area contributed by atoms with Crippen LogP contribution in [0.4, 0.5) is 5.69 Å². The summed E-state index contributed by atoms with van der Waals surface area (Å²) in [6.07, 6.45) is 2.49. The number of carbonyl (C=O) groups is 3. The van der Waals surface area contributed by atoms with Crippen molar-refractivity contribution in [1.82, 2.24) is 10.2 Å². The molecule has 1 saturated heterocycles. The average molecular weight is 382 g/mol. The van der Waals surface area contributed by atoms with Gasteiger partial charge in [0.1, 0.15) is 0 Å². The van der Waals surface area contributed by atoms with Gasteiger partial charge >= 0.3 is 0 Å². The maximum absolute atomic E-state index is 12.1. The molecule has 0 aliphatic carbocycles. The van der Waals surface area contributed by atoms with Gasteiger partial charge in [0, 0.05) is 42.4 Å². The van der Waals surface area contributed by atoms with Crippen LogP contribution in [0.1, 0.15) is 25.7 Å². The Morgan fingerprint density at radius 3 is 2.84 bits per heavy atom. The number of thioether (sulfide) groups is 1. The molecule has 1 aromatic rings. The third-order valence-corrected chi connectivity index (χ3v) is 5.76. The number of amides is 3. The van der Waals surface area contributed by atoms with E-state index in [-0.39, 0.29) is 24.1 Å². The fraction of sp³-hybridized carbons (Fsp3) is 0.471. The second-order valence-corrected chi connectivity index (χ2v) is 7.81. The molecule has 1 unspecified atom stereocenters. The van der Waals surface area contributed by atoms with E-state index in [0.717, 1.165) is 30.8 Å². The first-order valence-corrected chi connectivity index (χ1v) is 9.60. The normalized spacial score (nSPS) is 19.3. The Bertz CT molecular complexity index is 692. The van der Waals surface area contributed by atoms with Crippen molar-refractivity contribution in [3.05, 3.63) is 23.2 Å². The summed E-state index contributed by atoms with van der Waals surface area (Å²) in [5, 5.41) is 5.59. The Morgan fingerprint density at radius 1 is 1.32 bits per heavy atom. The minimum absolute atomic E-state index is 0.0772. The number of hydrogen-bond acceptors (Lipinski definition) is 4. The minimum atomic E-state index is -0.483. The molecular weight excluding hydrogens is 362 g/mol. The summed E-state index contributed by atoms with van der Waals surface area (Å²) in [4.78, 5) is 38.9. The molecule has 8 heteroatoms. The topological polar surface area (TPSA) is 78.5 Å². The van der Waals surface area contributed by atoms with E-state index in [1.807, 2.05) is 11.0 Å². The fourth-order valence-electron chi connectivity index (χ4n) is 2.93. The van der Waals surface area contributed by atoms with Crippen LogP contribution in [0, 0.1) is 0 Å². The number of nitrogens with zero attached hydrogens (tertiary/aromatic N) is 1. The largest absolute Gasteiger partial charge is 0.356 e. The highest BCUT2D eigenvalue weighted by Crippen LogP contribution is 2.38. The van der Waals surface area contributed by atoms with Gasteiger partial charge in [0.2, 0.25) is 17.7 Å². The van der Waals surface area contributed by atoms with E-state index in [1.165, 1.54) is 11.8 Å². The third kappa shape index (κ3) is 4.67. The Labute approximate surface area is 155 Å². The third-order valence-electron chi connectivity index (χ3n) is 4.25. The molecule has 2 aliphatic rings. The number of nitrogens with one attached hydrogen (secondary N) is 2. The quantitative estimate of drug-likeness (QED) is 0.820. The van der Waals surface area contributed by atoms with Crippen LogP contribution < -0.4 is 10.6 Å². The van der Waals surface area contributed by atoms with E-state index in [0.29, 0.717) is 23.7 Å². The van der Waals surface area contributed by atoms with Crippen molar-refractivity contribution >= 4 is 46.8 Å². The SMILES string of the molecule is O=C(CC1Sc2ccc(Cl)cc2NC1=O)NCCC(=O)N1CCCC1. The van der Waals surface area contributed by atoms with Gasteiger partial charge in [-0.1, -0.05) is 11.6 Å². The molecule has 1 atom stereocenters. The molecule has 134 valence electrons. The van der Waals surface area contributed by atoms with Crippen LogP contribution in [0.3, 0.4) is 0 Å². The summed E-state index contributed by atoms with van der Waals surface area (Å²) >= 11 is 7.27. The van der Waals surface area contributed by atoms with Gasteiger partial charge in [0.05, 0.1) is 10.9 Å². The lowest BCUT2D eigenvalue weighted by Crippen LogP contribution is -2.36. The smallest absolute Gasteiger partial charge is 0.238 e. The van der Waals surface area contributed by atoms with E-state index < -0.39 is 5.25 Å². The summed E-state index contributed by atoms with van der Waals surface area (Å²) in [5.41, 5.74) is 0.676. The maximum Gasteiger partial charge on any atom is 0.238 e. The molecule has 3 rings (SSSR count). The van der Waals surface area contributed by atoms with E-state index in [4.69, 9.17) is 11.6 Å². The number of benzene rings is 1. The lowest BCUT2D eigenvalue weighted by molar-refractivity contribution is -0.130. The summed E-state index contributed by atoms with van der Waals surface area (Å²) < 4.78 is 0. The lowest BCUT2D eigenvalue weighted by atomic mass is 10.2. The van der Waals surface area contributed by atoms with Gasteiger partial charge in [-0.3, -0.25) is 14.4 Å². The van der Waals surface area contributed by atoms with Crippen molar-refractivity contribution in [1.29, 1.82) is 0 Å². The van der Waals surface area contributed by atoms with Crippen molar-refractivity contribution in [2.24, 2.45) is 0 Å². The van der Waals surface area contributed by atoms with Crippen molar-refractivity contribution in [2.45, 2.75) is 35.8 Å². The fourth-order valence-corrected chi connectivity index (χ4v) is 4.19. The maximum atomic E-state index is 12.1. The molecule has 2 aliphatic heterocycles. The monoisotopic (exact) mass is 381 g/mol. The molecule has 2 N–H and O–H groups in total. The predicted molar refractivity (Wildman–Crippen MR) is 97.8 cm³/mol. The minimum Gasteiger partial charge on any atom is -0.356 e. The van der Waals surface area contributed by atoms with Crippen LogP contribution in [0.2, 0.25) is 5.02 Å². The van der Waals surface area contributed by atoms with Gasteiger partial charge in [-0.25, -0.2) is 0 Å². The number of carbonyl (C=O) groups excluding carboxylic acids is 3. The van der Waals surface area contributed by atoms with Crippen LogP contribution in [-0.2, 0) is 14.4 Å². The molecule has 0 bridgehead atoms. The Hall–Kier alpha value is -1.73. The van der Waals surface area contributed by atoms with E-state index in [9.17, 15) is 14.4 Å². The van der Waals surface area contributed by atoms with E-state index in [1.54, 1.807) is 12.1 Å². The summed E-state index contributed by atoms with van der Waals surface area (Å²) in [7, 11) is 0. The highest BCUT2D eigenvalue weighted by Gasteiger charge is 2.29. The van der Waals surface area contributed by atoms with Gasteiger partial charge in [-0.05, 0) is 31.0 Å². The molecule has 0 radical (unpaired) electrons. The Morgan fingerprint density at radius 2 is 2.08 bits per heavy atom. The van der Waals surface area contributed by atoms with Crippen molar-refractivity contribution < 1.29 is 14.4 Å². The lowest BCUT2D eigenvalue weighted by Gasteiger charge is -2.23. The number of hydrogen-bond donors (Lipinski definition) is 2. The molecule has 6 nitrogen and oxygen atoms in total. The number of rotatable bonds is 5. The zero-order valence-corrected chi connectivity index (χ0v) is 15.3. The zero-order valence-electron chi connectivity index (χ0n) is 13.7. The second kappa shape index (κ2) is 8.10. The molecular formula is C17H20ClN3O3S. The molecule has 25 heavy (non-hydrogen) atoms. The average Bonchev–Trinajstić information content (AvgIpc) is 3.10. The Kier molecular flexibility index (Phi) is 5.86. The predicted octanol–water partition coefficient (Wildman–Crippen LogP) is 2.27. The zero-order chi connectivity index (χ0) is 17.8. The molecule has 3 amide bonds. The van der Waals surface area contributed by atoms with E-state index >= 15 is 0 Å². The number of halogens is 1. The van der Waals surface area contributed by atoms with Crippen molar-refractivity contribution in [2.75, 3.05) is 25.0 Å². The second-order valence-electron chi connectivity index (χ2n) is 6.13. The number of anilines is 1. The van der Waals surface area contributed by atoms with Crippen molar-refractivity contribution in [3.63, 3.8) is 0 Å². The van der Waals surface area contributed by atoms with E-state index in [2.05, 4.69) is 10.6 Å². The standard InChI is InChI=1S/C17H20ClN3O3S/c18-11-3-4-13-12(9-11)20-17(24)14(25-13)10-15(22)19-6-5-16(23)21-7-1-2-8-21/h3-4,9,14H,1-2,5-8,10H2,(H,19,22)(H,20,24). The molecule has 1 aromatic carbocycles. The number of fused-ring (bicyclic) bond motifs is 1. The van der Waals surface area contributed by atoms with Gasteiger partial charge in [0.15, 0.2) is 0 Å². The van der Waals surface area contributed by atoms with Crippen molar-refractivity contribution in [3.8, 4) is 0 Å².